The van der Waals surface area contributed by atoms with Gasteiger partial charge < -0.3 is 4.12 Å². The van der Waals surface area contributed by atoms with Crippen LogP contribution in [0.15, 0.2) is 109 Å². The Kier molecular flexibility index (Phi) is 6.20. The van der Waals surface area contributed by atoms with Gasteiger partial charge in [-0.05, 0) is 34.6 Å². The maximum absolute atomic E-state index is 7.11. The predicted octanol–water partition coefficient (Wildman–Crippen LogP) is 3.23. The summed E-state index contributed by atoms with van der Waals surface area (Å²) in [5.74, 6) is 0. The lowest BCUT2D eigenvalue weighted by Crippen LogP contribution is -2.56. The Balaban J connectivity index is 1.80. The van der Waals surface area contributed by atoms with Gasteiger partial charge >= 0.3 is 0 Å². The summed E-state index contributed by atoms with van der Waals surface area (Å²) in [6, 6.07) is 39.0. The van der Waals surface area contributed by atoms with Gasteiger partial charge in [0.05, 0.1) is 0 Å². The van der Waals surface area contributed by atoms with Crippen LogP contribution in [-0.4, -0.2) is 18.1 Å². The van der Waals surface area contributed by atoms with E-state index < -0.39 is 18.1 Å². The lowest BCUT2D eigenvalue weighted by atomic mass is 10.2. The average molecular weight is 409 g/mol. The van der Waals surface area contributed by atoms with Crippen LogP contribution in [-0.2, 0) is 4.12 Å². The highest BCUT2D eigenvalue weighted by atomic mass is 28.4. The van der Waals surface area contributed by atoms with Crippen LogP contribution >= 0.6 is 0 Å². The van der Waals surface area contributed by atoms with E-state index in [1.165, 1.54) is 31.9 Å². The fourth-order valence-corrected chi connectivity index (χ4v) is 8.99. The van der Waals surface area contributed by atoms with E-state index in [-0.39, 0.29) is 0 Å². The van der Waals surface area contributed by atoms with Crippen LogP contribution in [0.1, 0.15) is 11.1 Å². The third-order valence-corrected chi connectivity index (χ3v) is 9.86. The predicted molar refractivity (Wildman–Crippen MR) is 126 cm³/mol. The summed E-state index contributed by atoms with van der Waals surface area (Å²) in [6.07, 6.45) is 0. The molecule has 2 radical (unpaired) electrons. The molecule has 4 aromatic rings. The summed E-state index contributed by atoms with van der Waals surface area (Å²) in [5, 5.41) is 5.17. The number of hydrogen-bond donors (Lipinski definition) is 0. The Bertz CT molecular complexity index is 977. The molecule has 0 spiro atoms. The van der Waals surface area contributed by atoms with Gasteiger partial charge in [-0.1, -0.05) is 120 Å². The van der Waals surface area contributed by atoms with Gasteiger partial charge in [0.15, 0.2) is 0 Å². The molecule has 0 aliphatic carbocycles. The van der Waals surface area contributed by atoms with Gasteiger partial charge in [0.1, 0.15) is 0 Å². The molecule has 0 saturated heterocycles. The minimum absolute atomic E-state index is 1.27. The van der Waals surface area contributed by atoms with Gasteiger partial charge in [-0.15, -0.1) is 0 Å². The van der Waals surface area contributed by atoms with E-state index in [4.69, 9.17) is 4.12 Å². The number of aryl methyl sites for hydroxylation is 2. The first-order valence-electron chi connectivity index (χ1n) is 9.87. The fraction of sp³-hybridized carbons (Fsp3) is 0.0769. The quantitative estimate of drug-likeness (QED) is 0.445. The highest BCUT2D eigenvalue weighted by Crippen LogP contribution is 2.04. The lowest BCUT2D eigenvalue weighted by Gasteiger charge is -2.24. The smallest absolute Gasteiger partial charge is 0.272 e. The molecule has 0 aromatic heterocycles. The van der Waals surface area contributed by atoms with Gasteiger partial charge in [0.2, 0.25) is 0 Å². The molecule has 0 bridgehead atoms. The molecule has 29 heavy (non-hydrogen) atoms. The van der Waals surface area contributed by atoms with Crippen molar-refractivity contribution in [2.75, 3.05) is 0 Å². The highest BCUT2D eigenvalue weighted by Gasteiger charge is 2.28. The fourth-order valence-electron chi connectivity index (χ4n) is 3.42. The SMILES string of the molecule is Cc1cccc([Si](O[Si](c2ccccc2)c2cccc(C)c2)c2ccccc2)c1. The van der Waals surface area contributed by atoms with E-state index in [0.29, 0.717) is 0 Å². The van der Waals surface area contributed by atoms with Crippen LogP contribution in [0.25, 0.3) is 0 Å². The minimum Gasteiger partial charge on any atom is -0.442 e. The maximum atomic E-state index is 7.11. The standard InChI is InChI=1S/C26H24OSi2/c1-21-11-9-17-25(19-21)28(23-13-5-3-6-14-23)27-29(24-15-7-4-8-16-24)26-18-10-12-22(2)20-26/h3-20H,1-2H3. The molecule has 3 heteroatoms. The van der Waals surface area contributed by atoms with Crippen LogP contribution in [0.3, 0.4) is 0 Å². The Morgan fingerprint density at radius 2 is 0.828 bits per heavy atom. The highest BCUT2D eigenvalue weighted by molar-refractivity contribution is 6.91. The molecule has 0 aliphatic rings. The van der Waals surface area contributed by atoms with Crippen molar-refractivity contribution in [3.8, 4) is 0 Å². The van der Waals surface area contributed by atoms with Gasteiger partial charge in [-0.25, -0.2) is 0 Å². The second-order valence-electron chi connectivity index (χ2n) is 7.23. The van der Waals surface area contributed by atoms with E-state index in [0.717, 1.165) is 0 Å². The van der Waals surface area contributed by atoms with E-state index in [9.17, 15) is 0 Å². The molecule has 0 fully saturated rings. The van der Waals surface area contributed by atoms with E-state index in [1.54, 1.807) is 0 Å². The molecule has 0 saturated carbocycles. The molecular weight excluding hydrogens is 384 g/mol. The molecule has 4 aromatic carbocycles. The summed E-state index contributed by atoms with van der Waals surface area (Å²) in [5.41, 5.74) is 2.54. The van der Waals surface area contributed by atoms with Crippen molar-refractivity contribution in [2.24, 2.45) is 0 Å². The Morgan fingerprint density at radius 3 is 1.21 bits per heavy atom. The third-order valence-electron chi connectivity index (χ3n) is 4.84. The van der Waals surface area contributed by atoms with Crippen LogP contribution in [0.2, 0.25) is 0 Å². The van der Waals surface area contributed by atoms with E-state index >= 15 is 0 Å². The van der Waals surface area contributed by atoms with Crippen molar-refractivity contribution in [2.45, 2.75) is 13.8 Å². The number of rotatable bonds is 6. The first-order valence-corrected chi connectivity index (χ1v) is 12.7. The Morgan fingerprint density at radius 1 is 0.448 bits per heavy atom. The summed E-state index contributed by atoms with van der Waals surface area (Å²) < 4.78 is 7.11. The van der Waals surface area contributed by atoms with E-state index in [1.807, 2.05) is 0 Å². The van der Waals surface area contributed by atoms with Gasteiger partial charge in [-0.3, -0.25) is 0 Å². The molecule has 4 rings (SSSR count). The largest absolute Gasteiger partial charge is 0.442 e. The molecule has 0 unspecified atom stereocenters. The summed E-state index contributed by atoms with van der Waals surface area (Å²) in [7, 11) is -2.76. The normalized spacial score (nSPS) is 11.2. The van der Waals surface area contributed by atoms with Crippen molar-refractivity contribution >= 4 is 38.8 Å². The summed E-state index contributed by atoms with van der Waals surface area (Å²) >= 11 is 0. The molecule has 0 N–H and O–H groups in total. The van der Waals surface area contributed by atoms with Gasteiger partial charge in [0, 0.05) is 0 Å². The first-order chi connectivity index (χ1) is 14.2. The molecule has 0 aliphatic heterocycles. The summed E-state index contributed by atoms with van der Waals surface area (Å²) in [6.45, 7) is 4.30. The Hall–Kier alpha value is -2.73. The van der Waals surface area contributed by atoms with Crippen molar-refractivity contribution < 1.29 is 4.12 Å². The van der Waals surface area contributed by atoms with Crippen molar-refractivity contribution in [1.82, 2.24) is 0 Å². The molecule has 0 amide bonds. The zero-order valence-corrected chi connectivity index (χ0v) is 18.8. The average Bonchev–Trinajstić information content (AvgIpc) is 2.76. The molecule has 0 heterocycles. The minimum atomic E-state index is -1.38. The van der Waals surface area contributed by atoms with E-state index in [2.05, 4.69) is 123 Å². The lowest BCUT2D eigenvalue weighted by molar-refractivity contribution is 0.633. The molecular formula is C26H24OSi2. The molecule has 1 nitrogen and oxygen atoms in total. The monoisotopic (exact) mass is 408 g/mol. The van der Waals surface area contributed by atoms with Crippen molar-refractivity contribution in [3.05, 3.63) is 120 Å². The zero-order valence-electron chi connectivity index (χ0n) is 16.8. The topological polar surface area (TPSA) is 9.23 Å². The zero-order chi connectivity index (χ0) is 20.1. The number of hydrogen-bond acceptors (Lipinski definition) is 1. The van der Waals surface area contributed by atoms with Crippen LogP contribution < -0.4 is 20.7 Å². The van der Waals surface area contributed by atoms with Gasteiger partial charge in [0.25, 0.3) is 18.1 Å². The van der Waals surface area contributed by atoms with Crippen molar-refractivity contribution in [3.63, 3.8) is 0 Å². The number of benzene rings is 4. The molecule has 0 atom stereocenters. The van der Waals surface area contributed by atoms with Crippen LogP contribution in [0, 0.1) is 13.8 Å². The van der Waals surface area contributed by atoms with Crippen LogP contribution in [0.4, 0.5) is 0 Å². The van der Waals surface area contributed by atoms with Gasteiger partial charge in [-0.2, -0.15) is 0 Å². The first kappa shape index (κ1) is 19.6. The van der Waals surface area contributed by atoms with Crippen LogP contribution in [0.5, 0.6) is 0 Å². The second-order valence-corrected chi connectivity index (χ2v) is 11.7. The molecule has 142 valence electrons. The second kappa shape index (κ2) is 9.18. The maximum Gasteiger partial charge on any atom is 0.272 e. The third kappa shape index (κ3) is 4.82. The summed E-state index contributed by atoms with van der Waals surface area (Å²) in [4.78, 5) is 0. The van der Waals surface area contributed by atoms with Crippen molar-refractivity contribution in [1.29, 1.82) is 0 Å². The Labute approximate surface area is 177 Å².